The molecule has 1 N–H and O–H groups in total. The highest BCUT2D eigenvalue weighted by atomic mass is 19.1. The summed E-state index contributed by atoms with van der Waals surface area (Å²) in [5, 5.41) is 10.8. The lowest BCUT2D eigenvalue weighted by atomic mass is 9.48. The number of hydrogen-bond acceptors (Lipinski definition) is 2. The van der Waals surface area contributed by atoms with Gasteiger partial charge in [-0.25, -0.2) is 4.39 Å². The molecule has 144 valence electrons. The van der Waals surface area contributed by atoms with Gasteiger partial charge < -0.3 is 9.84 Å². The smallest absolute Gasteiger partial charge is 0.117 e. The van der Waals surface area contributed by atoms with Gasteiger partial charge in [-0.05, 0) is 92.8 Å². The molecule has 0 radical (unpaired) electrons. The summed E-state index contributed by atoms with van der Waals surface area (Å²) < 4.78 is 21.6. The topological polar surface area (TPSA) is 29.5 Å². The molecular formula is C22H37FO2. The first-order valence-electron chi connectivity index (χ1n) is 10.8. The molecule has 0 bridgehead atoms. The largest absolute Gasteiger partial charge is 0.387 e. The van der Waals surface area contributed by atoms with E-state index in [4.69, 9.17) is 4.74 Å². The molecule has 0 aromatic heterocycles. The second kappa shape index (κ2) is 6.19. The molecule has 25 heavy (non-hydrogen) atoms. The van der Waals surface area contributed by atoms with Gasteiger partial charge in [-0.15, -0.1) is 0 Å². The molecule has 3 heteroatoms. The van der Waals surface area contributed by atoms with Crippen LogP contribution in [0.25, 0.3) is 0 Å². The molecule has 0 saturated heterocycles. The van der Waals surface area contributed by atoms with Crippen molar-refractivity contribution in [1.29, 1.82) is 0 Å². The van der Waals surface area contributed by atoms with E-state index in [1.54, 1.807) is 7.11 Å². The average Bonchev–Trinajstić information content (AvgIpc) is 2.92. The molecule has 4 unspecified atom stereocenters. The molecule has 0 heterocycles. The van der Waals surface area contributed by atoms with Crippen molar-refractivity contribution in [2.75, 3.05) is 13.7 Å². The molecule has 8 atom stereocenters. The van der Waals surface area contributed by atoms with Crippen LogP contribution in [0.1, 0.15) is 78.1 Å². The number of aliphatic hydroxyl groups is 1. The summed E-state index contributed by atoms with van der Waals surface area (Å²) in [6.07, 6.45) is 10.1. The molecule has 4 rings (SSSR count). The predicted octanol–water partition coefficient (Wildman–Crippen LogP) is 5.13. The maximum atomic E-state index is 16.3. The lowest BCUT2D eigenvalue weighted by molar-refractivity contribution is -0.177. The SMILES string of the molecule is CCC1CCC2[C@@H]3CC[C@@H]4C[C@@](O)(COC)CC[C@]4(F)C3CCC12C. The van der Waals surface area contributed by atoms with Gasteiger partial charge in [-0.2, -0.15) is 0 Å². The van der Waals surface area contributed by atoms with E-state index >= 15 is 4.39 Å². The zero-order valence-electron chi connectivity index (χ0n) is 16.4. The summed E-state index contributed by atoms with van der Waals surface area (Å²) in [5.41, 5.74) is -1.37. The fraction of sp³-hybridized carbons (Fsp3) is 1.00. The van der Waals surface area contributed by atoms with Crippen molar-refractivity contribution in [3.05, 3.63) is 0 Å². The molecule has 4 fully saturated rings. The lowest BCUT2D eigenvalue weighted by Gasteiger charge is -2.59. The third-order valence-corrected chi connectivity index (χ3v) is 9.28. The van der Waals surface area contributed by atoms with Gasteiger partial charge in [-0.3, -0.25) is 0 Å². The molecular weight excluding hydrogens is 315 g/mol. The Balaban J connectivity index is 1.56. The Bertz CT molecular complexity index is 510. The molecule has 0 spiro atoms. The van der Waals surface area contributed by atoms with Crippen LogP contribution in [0.3, 0.4) is 0 Å². The number of halogens is 1. The van der Waals surface area contributed by atoms with E-state index in [2.05, 4.69) is 13.8 Å². The minimum atomic E-state index is -1.03. The number of ether oxygens (including phenoxy) is 1. The molecule has 4 saturated carbocycles. The molecule has 0 aliphatic heterocycles. The van der Waals surface area contributed by atoms with Gasteiger partial charge in [0.1, 0.15) is 5.67 Å². The standard InChI is InChI=1S/C22H37FO2/c1-4-15-6-8-18-17-7-5-16-13-21(24,14-25-3)11-12-22(16,23)19(17)9-10-20(15,18)2/h15-19,24H,4-14H2,1-3H3/t15?,16-,17+,18?,19?,20?,21-,22-/m1/s1. The van der Waals surface area contributed by atoms with Crippen LogP contribution in [0.5, 0.6) is 0 Å². The molecule has 0 aromatic rings. The van der Waals surface area contributed by atoms with Crippen LogP contribution in [-0.4, -0.2) is 30.1 Å². The minimum absolute atomic E-state index is 0.0374. The van der Waals surface area contributed by atoms with Crippen LogP contribution in [0, 0.1) is 35.0 Å². The number of alkyl halides is 1. The van der Waals surface area contributed by atoms with Crippen LogP contribution in [-0.2, 0) is 4.74 Å². The van der Waals surface area contributed by atoms with E-state index in [0.29, 0.717) is 37.2 Å². The van der Waals surface area contributed by atoms with Crippen LogP contribution in [0.4, 0.5) is 4.39 Å². The normalized spacial score (nSPS) is 55.3. The monoisotopic (exact) mass is 352 g/mol. The maximum absolute atomic E-state index is 16.3. The summed E-state index contributed by atoms with van der Waals surface area (Å²) in [7, 11) is 1.64. The van der Waals surface area contributed by atoms with Crippen molar-refractivity contribution in [3.8, 4) is 0 Å². The van der Waals surface area contributed by atoms with Crippen LogP contribution in [0.2, 0.25) is 0 Å². The third kappa shape index (κ3) is 2.63. The Morgan fingerprint density at radius 1 is 1.04 bits per heavy atom. The van der Waals surface area contributed by atoms with E-state index in [9.17, 15) is 5.11 Å². The molecule has 4 aliphatic carbocycles. The second-order valence-corrected chi connectivity index (χ2v) is 10.2. The zero-order chi connectivity index (χ0) is 17.9. The van der Waals surface area contributed by atoms with Gasteiger partial charge in [0.2, 0.25) is 0 Å². The summed E-state index contributed by atoms with van der Waals surface area (Å²) in [5.74, 6) is 2.46. The number of hydrogen-bond donors (Lipinski definition) is 1. The van der Waals surface area contributed by atoms with Crippen molar-refractivity contribution < 1.29 is 14.2 Å². The molecule has 0 aromatic carbocycles. The first-order valence-corrected chi connectivity index (χ1v) is 10.8. The van der Waals surface area contributed by atoms with Crippen LogP contribution < -0.4 is 0 Å². The van der Waals surface area contributed by atoms with E-state index in [1.807, 2.05) is 0 Å². The molecule has 0 amide bonds. The Labute approximate surface area is 152 Å². The molecule has 2 nitrogen and oxygen atoms in total. The Morgan fingerprint density at radius 3 is 2.56 bits per heavy atom. The van der Waals surface area contributed by atoms with Crippen molar-refractivity contribution in [2.24, 2.45) is 35.0 Å². The Hall–Kier alpha value is -0.150. The highest BCUT2D eigenvalue weighted by Gasteiger charge is 2.63. The summed E-state index contributed by atoms with van der Waals surface area (Å²) >= 11 is 0. The molecule has 4 aliphatic rings. The number of fused-ring (bicyclic) bond motifs is 5. The fourth-order valence-corrected chi connectivity index (χ4v) is 8.05. The quantitative estimate of drug-likeness (QED) is 0.762. The van der Waals surface area contributed by atoms with Crippen molar-refractivity contribution in [3.63, 3.8) is 0 Å². The highest BCUT2D eigenvalue weighted by molar-refractivity contribution is 5.12. The van der Waals surface area contributed by atoms with E-state index in [-0.39, 0.29) is 11.8 Å². The zero-order valence-corrected chi connectivity index (χ0v) is 16.4. The number of rotatable bonds is 3. The summed E-state index contributed by atoms with van der Waals surface area (Å²) in [6.45, 7) is 5.21. The lowest BCUT2D eigenvalue weighted by Crippen LogP contribution is -2.59. The van der Waals surface area contributed by atoms with Gasteiger partial charge in [0.05, 0.1) is 12.2 Å². The minimum Gasteiger partial charge on any atom is -0.387 e. The van der Waals surface area contributed by atoms with Gasteiger partial charge in [0.15, 0.2) is 0 Å². The van der Waals surface area contributed by atoms with Crippen molar-refractivity contribution in [1.82, 2.24) is 0 Å². The Morgan fingerprint density at radius 2 is 1.84 bits per heavy atom. The first kappa shape index (κ1) is 18.2. The Kier molecular flexibility index (Phi) is 4.51. The second-order valence-electron chi connectivity index (χ2n) is 10.2. The van der Waals surface area contributed by atoms with Gasteiger partial charge in [0, 0.05) is 7.11 Å². The number of methoxy groups -OCH3 is 1. The first-order chi connectivity index (χ1) is 11.9. The average molecular weight is 353 g/mol. The van der Waals surface area contributed by atoms with Crippen LogP contribution >= 0.6 is 0 Å². The van der Waals surface area contributed by atoms with Gasteiger partial charge in [0.25, 0.3) is 0 Å². The van der Waals surface area contributed by atoms with Crippen molar-refractivity contribution >= 4 is 0 Å². The van der Waals surface area contributed by atoms with Gasteiger partial charge in [-0.1, -0.05) is 20.3 Å². The predicted molar refractivity (Wildman–Crippen MR) is 98.1 cm³/mol. The highest BCUT2D eigenvalue weighted by Crippen LogP contribution is 2.66. The third-order valence-electron chi connectivity index (χ3n) is 9.28. The van der Waals surface area contributed by atoms with Crippen molar-refractivity contribution in [2.45, 2.75) is 89.3 Å². The van der Waals surface area contributed by atoms with Crippen LogP contribution in [0.15, 0.2) is 0 Å². The van der Waals surface area contributed by atoms with E-state index < -0.39 is 11.3 Å². The van der Waals surface area contributed by atoms with E-state index in [1.165, 1.54) is 32.1 Å². The fourth-order valence-electron chi connectivity index (χ4n) is 8.05. The van der Waals surface area contributed by atoms with E-state index in [0.717, 1.165) is 24.7 Å². The maximum Gasteiger partial charge on any atom is 0.117 e. The van der Waals surface area contributed by atoms with Gasteiger partial charge >= 0.3 is 0 Å². The summed E-state index contributed by atoms with van der Waals surface area (Å²) in [6, 6.07) is 0. The summed E-state index contributed by atoms with van der Waals surface area (Å²) in [4.78, 5) is 0.